The highest BCUT2D eigenvalue weighted by Crippen LogP contribution is 2.30. The smallest absolute Gasteiger partial charge is 0.262 e. The Morgan fingerprint density at radius 3 is 2.33 bits per heavy atom. The summed E-state index contributed by atoms with van der Waals surface area (Å²) in [4.78, 5) is 12.6. The van der Waals surface area contributed by atoms with Crippen LogP contribution in [-0.4, -0.2) is 42.2 Å². The number of aromatic nitrogens is 4. The minimum absolute atomic E-state index is 0.0452. The fourth-order valence-electron chi connectivity index (χ4n) is 3.05. The van der Waals surface area contributed by atoms with E-state index in [4.69, 9.17) is 14.2 Å². The second kappa shape index (κ2) is 9.17. The lowest BCUT2D eigenvalue weighted by atomic mass is 10.3. The van der Waals surface area contributed by atoms with Gasteiger partial charge in [0.15, 0.2) is 11.5 Å². The zero-order valence-electron chi connectivity index (χ0n) is 18.1. The molecule has 2 heterocycles. The molecule has 11 heteroatoms. The van der Waals surface area contributed by atoms with E-state index in [-0.39, 0.29) is 4.90 Å². The molecule has 0 saturated carbocycles. The van der Waals surface area contributed by atoms with Gasteiger partial charge in [0.1, 0.15) is 23.7 Å². The highest BCUT2D eigenvalue weighted by Gasteiger charge is 2.17. The zero-order valence-corrected chi connectivity index (χ0v) is 18.9. The third-order valence-corrected chi connectivity index (χ3v) is 6.07. The number of methoxy groups -OCH3 is 2. The average Bonchev–Trinajstić information content (AvgIpc) is 3.25. The van der Waals surface area contributed by atoms with Crippen LogP contribution < -0.4 is 18.9 Å². The Bertz CT molecular complexity index is 1370. The van der Waals surface area contributed by atoms with Gasteiger partial charge in [-0.1, -0.05) is 0 Å². The molecule has 33 heavy (non-hydrogen) atoms. The molecular formula is C22H21N5O5S. The summed E-state index contributed by atoms with van der Waals surface area (Å²) in [5, 5.41) is 0. The van der Waals surface area contributed by atoms with E-state index in [1.54, 1.807) is 47.3 Å². The minimum atomic E-state index is -3.83. The maximum absolute atomic E-state index is 12.8. The van der Waals surface area contributed by atoms with Gasteiger partial charge in [-0.15, -0.1) is 0 Å². The lowest BCUT2D eigenvalue weighted by molar-refractivity contribution is 0.354. The van der Waals surface area contributed by atoms with Crippen molar-refractivity contribution < 1.29 is 22.6 Å². The van der Waals surface area contributed by atoms with Crippen molar-refractivity contribution in [1.29, 1.82) is 0 Å². The minimum Gasteiger partial charge on any atom is -0.493 e. The molecule has 0 radical (unpaired) electrons. The molecule has 0 aliphatic carbocycles. The molecule has 0 aliphatic rings. The fourth-order valence-corrected chi connectivity index (χ4v) is 4.12. The number of imidazole rings is 1. The molecule has 0 unspecified atom stereocenters. The van der Waals surface area contributed by atoms with Crippen LogP contribution in [0.4, 0.5) is 5.69 Å². The van der Waals surface area contributed by atoms with E-state index in [0.717, 1.165) is 5.82 Å². The number of aryl methyl sites for hydroxylation is 1. The first-order valence-electron chi connectivity index (χ1n) is 9.75. The molecular weight excluding hydrogens is 446 g/mol. The van der Waals surface area contributed by atoms with Gasteiger partial charge in [0.05, 0.1) is 19.1 Å². The van der Waals surface area contributed by atoms with Crippen LogP contribution in [0.5, 0.6) is 23.1 Å². The summed E-state index contributed by atoms with van der Waals surface area (Å²) in [6.07, 6.45) is 4.87. The van der Waals surface area contributed by atoms with E-state index >= 15 is 0 Å². The standard InChI is InChI=1S/C22H21N5O5S/c1-15-23-10-11-27(15)21-13-22(25-14-24-21)32-17-6-4-16(5-7-17)26-33(28,29)18-8-9-19(30-2)20(12-18)31-3/h4-14,26H,1-3H3. The second-order valence-electron chi connectivity index (χ2n) is 6.81. The predicted octanol–water partition coefficient (Wildman–Crippen LogP) is 3.58. The molecule has 0 spiro atoms. The van der Waals surface area contributed by atoms with Crippen molar-refractivity contribution in [2.75, 3.05) is 18.9 Å². The first-order valence-corrected chi connectivity index (χ1v) is 11.2. The normalized spacial score (nSPS) is 11.1. The van der Waals surface area contributed by atoms with E-state index in [2.05, 4.69) is 19.7 Å². The molecule has 0 atom stereocenters. The molecule has 1 N–H and O–H groups in total. The monoisotopic (exact) mass is 467 g/mol. The predicted molar refractivity (Wildman–Crippen MR) is 121 cm³/mol. The maximum Gasteiger partial charge on any atom is 0.262 e. The third-order valence-electron chi connectivity index (χ3n) is 4.69. The number of benzene rings is 2. The summed E-state index contributed by atoms with van der Waals surface area (Å²) < 4.78 is 46.0. The SMILES string of the molecule is COc1ccc(S(=O)(=O)Nc2ccc(Oc3cc(-n4ccnc4C)ncn3)cc2)cc1OC. The van der Waals surface area contributed by atoms with Gasteiger partial charge >= 0.3 is 0 Å². The lowest BCUT2D eigenvalue weighted by Gasteiger charge is -2.12. The van der Waals surface area contributed by atoms with Gasteiger partial charge in [0.25, 0.3) is 10.0 Å². The Balaban J connectivity index is 1.48. The van der Waals surface area contributed by atoms with Crippen molar-refractivity contribution in [3.8, 4) is 28.9 Å². The first-order chi connectivity index (χ1) is 15.9. The van der Waals surface area contributed by atoms with Crippen molar-refractivity contribution >= 4 is 15.7 Å². The number of sulfonamides is 1. The molecule has 0 fully saturated rings. The van der Waals surface area contributed by atoms with Gasteiger partial charge in [0.2, 0.25) is 5.88 Å². The number of nitrogens with zero attached hydrogens (tertiary/aromatic N) is 4. The maximum atomic E-state index is 12.8. The van der Waals surface area contributed by atoms with Gasteiger partial charge in [0, 0.05) is 30.2 Å². The summed E-state index contributed by atoms with van der Waals surface area (Å²) in [5.74, 6) is 2.98. The van der Waals surface area contributed by atoms with Crippen LogP contribution in [0.15, 0.2) is 72.1 Å². The van der Waals surface area contributed by atoms with Crippen LogP contribution in [0.25, 0.3) is 5.82 Å². The molecule has 0 bridgehead atoms. The largest absolute Gasteiger partial charge is 0.493 e. The van der Waals surface area contributed by atoms with Gasteiger partial charge in [-0.3, -0.25) is 9.29 Å². The van der Waals surface area contributed by atoms with Crippen LogP contribution in [0.1, 0.15) is 5.82 Å². The molecule has 0 aliphatic heterocycles. The second-order valence-corrected chi connectivity index (χ2v) is 8.49. The molecule has 170 valence electrons. The van der Waals surface area contributed by atoms with Gasteiger partial charge in [-0.2, -0.15) is 0 Å². The van der Waals surface area contributed by atoms with Crippen LogP contribution in [0.3, 0.4) is 0 Å². The highest BCUT2D eigenvalue weighted by atomic mass is 32.2. The number of anilines is 1. The topological polar surface area (TPSA) is 117 Å². The Labute approximate surface area is 190 Å². The quantitative estimate of drug-likeness (QED) is 0.418. The van der Waals surface area contributed by atoms with Gasteiger partial charge < -0.3 is 14.2 Å². The van der Waals surface area contributed by atoms with Crippen LogP contribution in [0, 0.1) is 6.92 Å². The van der Waals surface area contributed by atoms with E-state index in [1.165, 1.54) is 38.7 Å². The van der Waals surface area contributed by atoms with E-state index < -0.39 is 10.0 Å². The molecule has 4 rings (SSSR count). The van der Waals surface area contributed by atoms with Crippen molar-refractivity contribution in [3.63, 3.8) is 0 Å². The van der Waals surface area contributed by atoms with E-state index in [0.29, 0.717) is 34.6 Å². The number of ether oxygens (including phenoxy) is 3. The summed E-state index contributed by atoms with van der Waals surface area (Å²) in [7, 11) is -0.910. The first kappa shape index (κ1) is 22.1. The number of hydrogen-bond donors (Lipinski definition) is 1. The lowest BCUT2D eigenvalue weighted by Crippen LogP contribution is -2.13. The van der Waals surface area contributed by atoms with Crippen molar-refractivity contribution in [2.24, 2.45) is 0 Å². The van der Waals surface area contributed by atoms with Crippen LogP contribution in [0.2, 0.25) is 0 Å². The third kappa shape index (κ3) is 4.88. The summed E-state index contributed by atoms with van der Waals surface area (Å²) in [6.45, 7) is 1.87. The van der Waals surface area contributed by atoms with Gasteiger partial charge in [-0.25, -0.2) is 23.4 Å². The molecule has 10 nitrogen and oxygen atoms in total. The van der Waals surface area contributed by atoms with Crippen LogP contribution in [-0.2, 0) is 10.0 Å². The molecule has 2 aromatic carbocycles. The number of rotatable bonds is 8. The molecule has 4 aromatic rings. The fraction of sp³-hybridized carbons (Fsp3) is 0.136. The van der Waals surface area contributed by atoms with Crippen molar-refractivity contribution in [1.82, 2.24) is 19.5 Å². The summed E-state index contributed by atoms with van der Waals surface area (Å²) >= 11 is 0. The Kier molecular flexibility index (Phi) is 6.13. The van der Waals surface area contributed by atoms with E-state index in [9.17, 15) is 8.42 Å². The number of hydrogen-bond acceptors (Lipinski definition) is 8. The van der Waals surface area contributed by atoms with Crippen molar-refractivity contribution in [3.05, 3.63) is 73.1 Å². The van der Waals surface area contributed by atoms with Gasteiger partial charge in [-0.05, 0) is 43.3 Å². The Morgan fingerprint density at radius 1 is 0.909 bits per heavy atom. The zero-order chi connectivity index (χ0) is 23.4. The van der Waals surface area contributed by atoms with E-state index in [1.807, 2.05) is 6.92 Å². The summed E-state index contributed by atoms with van der Waals surface area (Å²) in [6, 6.07) is 12.5. The average molecular weight is 468 g/mol. The molecule has 0 saturated heterocycles. The number of nitrogens with one attached hydrogen (secondary N) is 1. The van der Waals surface area contributed by atoms with Crippen molar-refractivity contribution in [2.45, 2.75) is 11.8 Å². The molecule has 0 amide bonds. The Morgan fingerprint density at radius 2 is 1.67 bits per heavy atom. The Hall–Kier alpha value is -4.12. The highest BCUT2D eigenvalue weighted by molar-refractivity contribution is 7.92. The summed E-state index contributed by atoms with van der Waals surface area (Å²) in [5.41, 5.74) is 0.370. The molecule has 2 aromatic heterocycles. The van der Waals surface area contributed by atoms with Crippen LogP contribution >= 0.6 is 0 Å².